The number of carbonyl (C=O) groups excluding carboxylic acids is 4. The van der Waals surface area contributed by atoms with Crippen LogP contribution in [0.3, 0.4) is 0 Å². The van der Waals surface area contributed by atoms with Gasteiger partial charge in [-0.3, -0.25) is 29.8 Å². The summed E-state index contributed by atoms with van der Waals surface area (Å²) in [6.45, 7) is 0. The molecular formula is C34H29Cl2N3O8. The smallest absolute Gasteiger partial charge is 0.260 e. The number of fused-ring (bicyclic) bond motifs is 4. The molecular weight excluding hydrogens is 649 g/mol. The minimum absolute atomic E-state index is 0.00419. The zero-order valence-electron chi connectivity index (χ0n) is 25.1. The van der Waals surface area contributed by atoms with E-state index in [9.17, 15) is 24.7 Å². The summed E-state index contributed by atoms with van der Waals surface area (Å²) in [6.07, 6.45) is 1.93. The first-order valence-corrected chi connectivity index (χ1v) is 15.7. The minimum Gasteiger partial charge on any atom is -0.508 e. The van der Waals surface area contributed by atoms with E-state index in [1.807, 2.05) is 6.08 Å². The fourth-order valence-electron chi connectivity index (χ4n) is 8.06. The van der Waals surface area contributed by atoms with Crippen LogP contribution in [0.2, 0.25) is 10.0 Å². The summed E-state index contributed by atoms with van der Waals surface area (Å²) >= 11 is 12.6. The third-order valence-electron chi connectivity index (χ3n) is 10.1. The molecule has 3 aromatic rings. The number of halogens is 2. The van der Waals surface area contributed by atoms with Gasteiger partial charge in [-0.15, -0.1) is 0 Å². The van der Waals surface area contributed by atoms with Crippen molar-refractivity contribution in [3.8, 4) is 17.2 Å². The number of hydrogen-bond donors (Lipinski definition) is 3. The molecule has 7 rings (SSSR count). The van der Waals surface area contributed by atoms with Gasteiger partial charge in [0, 0.05) is 16.5 Å². The molecule has 2 heterocycles. The first-order chi connectivity index (χ1) is 22.5. The monoisotopic (exact) mass is 677 g/mol. The van der Waals surface area contributed by atoms with Gasteiger partial charge in [0.1, 0.15) is 17.2 Å². The molecule has 0 aromatic heterocycles. The highest BCUT2D eigenvalue weighted by Gasteiger charge is 2.70. The number of phenols is 1. The number of benzene rings is 3. The van der Waals surface area contributed by atoms with Crippen molar-refractivity contribution in [3.05, 3.63) is 93.5 Å². The topological polar surface area (TPSA) is 146 Å². The highest BCUT2D eigenvalue weighted by atomic mass is 35.5. The van der Waals surface area contributed by atoms with E-state index in [1.165, 1.54) is 26.4 Å². The van der Waals surface area contributed by atoms with Gasteiger partial charge in [-0.1, -0.05) is 47.0 Å². The summed E-state index contributed by atoms with van der Waals surface area (Å²) in [6, 6.07) is 16.0. The predicted molar refractivity (Wildman–Crippen MR) is 169 cm³/mol. The number of aromatic hydroxyl groups is 1. The summed E-state index contributed by atoms with van der Waals surface area (Å²) in [4.78, 5) is 56.1. The molecule has 47 heavy (non-hydrogen) atoms. The first kappa shape index (κ1) is 31.0. The number of phenolic OH excluding ortho intramolecular Hbond substituents is 1. The maximum absolute atomic E-state index is 15.2. The second-order valence-electron chi connectivity index (χ2n) is 12.1. The quantitative estimate of drug-likeness (QED) is 0.184. The van der Waals surface area contributed by atoms with E-state index in [0.717, 1.165) is 5.01 Å². The van der Waals surface area contributed by atoms with E-state index < -0.39 is 58.6 Å². The van der Waals surface area contributed by atoms with Gasteiger partial charge < -0.3 is 14.6 Å². The van der Waals surface area contributed by atoms with E-state index >= 15 is 4.79 Å². The van der Waals surface area contributed by atoms with Crippen LogP contribution in [0.4, 0.5) is 5.69 Å². The Kier molecular flexibility index (Phi) is 7.46. The zero-order chi connectivity index (χ0) is 33.4. The Morgan fingerprint density at radius 1 is 0.872 bits per heavy atom. The summed E-state index contributed by atoms with van der Waals surface area (Å²) in [5.74, 6) is -6.53. The van der Waals surface area contributed by atoms with Gasteiger partial charge in [0.05, 0.1) is 48.1 Å². The number of nitrogens with zero attached hydrogens (tertiary/aromatic N) is 2. The maximum atomic E-state index is 15.2. The molecule has 2 aliphatic heterocycles. The standard InChI is InChI=1S/C34H29Cl2N3O8/c1-46-18-6-3-16(4-7-18)34-24(31(42)38(33(34)44)37-26-11-5-17(35)13-25(26)36)15-22-20(9-10-21-28(22)32(43)39(45)30(21)41)29(34)23-14-19(47-2)8-12-27(23)40/h3-9,11-14,21-22,24,28-29,37,40,45H,10,15H2,1-2H3. The number of ether oxygens (including phenoxy) is 2. The Balaban J connectivity index is 1.50. The number of amides is 4. The molecule has 6 atom stereocenters. The zero-order valence-corrected chi connectivity index (χ0v) is 26.7. The lowest BCUT2D eigenvalue weighted by Crippen LogP contribution is -2.53. The predicted octanol–water partition coefficient (Wildman–Crippen LogP) is 5.09. The molecule has 3 N–H and O–H groups in total. The molecule has 0 radical (unpaired) electrons. The summed E-state index contributed by atoms with van der Waals surface area (Å²) in [5, 5.41) is 23.4. The van der Waals surface area contributed by atoms with E-state index in [4.69, 9.17) is 32.7 Å². The van der Waals surface area contributed by atoms with Crippen LogP contribution in [0.5, 0.6) is 17.2 Å². The average molecular weight is 679 g/mol. The van der Waals surface area contributed by atoms with E-state index in [2.05, 4.69) is 5.43 Å². The van der Waals surface area contributed by atoms with Crippen LogP contribution in [0, 0.1) is 23.7 Å². The van der Waals surface area contributed by atoms with E-state index in [1.54, 1.807) is 48.5 Å². The number of imide groups is 2. The Morgan fingerprint density at radius 2 is 1.57 bits per heavy atom. The molecule has 0 spiro atoms. The summed E-state index contributed by atoms with van der Waals surface area (Å²) < 4.78 is 10.9. The molecule has 13 heteroatoms. The lowest BCUT2D eigenvalue weighted by atomic mass is 9.49. The van der Waals surface area contributed by atoms with Crippen LogP contribution in [-0.2, 0) is 24.6 Å². The average Bonchev–Trinajstić information content (AvgIpc) is 3.42. The van der Waals surface area contributed by atoms with Gasteiger partial charge in [-0.05, 0) is 72.9 Å². The van der Waals surface area contributed by atoms with Crippen LogP contribution in [0.15, 0.2) is 72.3 Å². The van der Waals surface area contributed by atoms with Gasteiger partial charge in [0.15, 0.2) is 0 Å². The number of hydroxylamine groups is 2. The molecule has 2 aliphatic carbocycles. The summed E-state index contributed by atoms with van der Waals surface area (Å²) in [7, 11) is 2.98. The van der Waals surface area contributed by atoms with Crippen molar-refractivity contribution in [3.63, 3.8) is 0 Å². The number of hydrazine groups is 1. The lowest BCUT2D eigenvalue weighted by molar-refractivity contribution is -0.173. The molecule has 0 bridgehead atoms. The lowest BCUT2D eigenvalue weighted by Gasteiger charge is -2.50. The largest absolute Gasteiger partial charge is 0.508 e. The van der Waals surface area contributed by atoms with Crippen LogP contribution in [-0.4, -0.2) is 58.2 Å². The van der Waals surface area contributed by atoms with Crippen molar-refractivity contribution in [1.82, 2.24) is 10.1 Å². The van der Waals surface area contributed by atoms with Crippen molar-refractivity contribution >= 4 is 52.5 Å². The molecule has 4 amide bonds. The maximum Gasteiger partial charge on any atom is 0.260 e. The Labute approximate surface area is 279 Å². The number of anilines is 1. The van der Waals surface area contributed by atoms with Crippen molar-refractivity contribution in [1.29, 1.82) is 0 Å². The first-order valence-electron chi connectivity index (χ1n) is 14.9. The highest BCUT2D eigenvalue weighted by molar-refractivity contribution is 6.36. The minimum atomic E-state index is -1.65. The molecule has 11 nitrogen and oxygen atoms in total. The molecule has 242 valence electrons. The van der Waals surface area contributed by atoms with Crippen molar-refractivity contribution in [2.45, 2.75) is 24.2 Å². The number of nitrogens with one attached hydrogen (secondary N) is 1. The van der Waals surface area contributed by atoms with Gasteiger partial charge in [-0.2, -0.15) is 10.1 Å². The Morgan fingerprint density at radius 3 is 2.26 bits per heavy atom. The van der Waals surface area contributed by atoms with Gasteiger partial charge in [0.25, 0.3) is 23.6 Å². The van der Waals surface area contributed by atoms with Crippen LogP contribution < -0.4 is 14.9 Å². The summed E-state index contributed by atoms with van der Waals surface area (Å²) in [5.41, 5.74) is 2.88. The van der Waals surface area contributed by atoms with Crippen molar-refractivity contribution in [2.75, 3.05) is 19.6 Å². The van der Waals surface area contributed by atoms with Crippen molar-refractivity contribution in [2.24, 2.45) is 23.7 Å². The number of carbonyl (C=O) groups is 4. The highest BCUT2D eigenvalue weighted by Crippen LogP contribution is 2.65. The van der Waals surface area contributed by atoms with E-state index in [0.29, 0.717) is 33.2 Å². The van der Waals surface area contributed by atoms with Crippen LogP contribution in [0.25, 0.3) is 0 Å². The van der Waals surface area contributed by atoms with Crippen LogP contribution >= 0.6 is 23.2 Å². The fraction of sp³-hybridized carbons (Fsp3) is 0.294. The van der Waals surface area contributed by atoms with Gasteiger partial charge in [0.2, 0.25) is 0 Å². The molecule has 4 aliphatic rings. The number of methoxy groups -OCH3 is 2. The van der Waals surface area contributed by atoms with Gasteiger partial charge >= 0.3 is 0 Å². The Hall–Kier alpha value is -4.58. The molecule has 1 saturated carbocycles. The SMILES string of the molecule is COc1ccc(C23C(=O)N(Nc4ccc(Cl)cc4Cl)C(=O)C2CC2C(=CCC4C(=O)N(O)C(=O)C42)C3c2cc(OC)ccc2O)cc1. The number of hydrogen-bond acceptors (Lipinski definition) is 9. The van der Waals surface area contributed by atoms with Crippen molar-refractivity contribution < 1.29 is 39.0 Å². The number of rotatable bonds is 6. The van der Waals surface area contributed by atoms with Gasteiger partial charge in [-0.25, -0.2) is 0 Å². The molecule has 3 fully saturated rings. The van der Waals surface area contributed by atoms with Crippen LogP contribution in [0.1, 0.15) is 29.9 Å². The normalized spacial score (nSPS) is 28.1. The third kappa shape index (κ3) is 4.44. The number of allylic oxidation sites excluding steroid dienone is 2. The molecule has 6 unspecified atom stereocenters. The Bertz CT molecular complexity index is 1880. The molecule has 3 aromatic carbocycles. The second-order valence-corrected chi connectivity index (χ2v) is 13.0. The third-order valence-corrected chi connectivity index (χ3v) is 10.7. The van der Waals surface area contributed by atoms with E-state index in [-0.39, 0.29) is 34.4 Å². The fourth-order valence-corrected chi connectivity index (χ4v) is 8.51. The molecule has 2 saturated heterocycles. The second kappa shape index (κ2) is 11.3.